The van der Waals surface area contributed by atoms with Gasteiger partial charge in [-0.15, -0.1) is 0 Å². The second-order valence-electron chi connectivity index (χ2n) is 4.25. The number of nitro benzene ring substituents is 1. The third-order valence-corrected chi connectivity index (χ3v) is 2.61. The second kappa shape index (κ2) is 9.24. The standard InChI is InChI=1S/C13H20N2O5/c1-19-10-12(16)6-7-14-8-9-20-13-4-2-11(3-5-13)15(17)18/h2-5,12,14,16H,6-10H2,1H3. The molecule has 0 bridgehead atoms. The Kier molecular flexibility index (Phi) is 7.56. The van der Waals surface area contributed by atoms with Crippen LogP contribution >= 0.6 is 0 Å². The van der Waals surface area contributed by atoms with Gasteiger partial charge in [0, 0.05) is 25.8 Å². The Bertz CT molecular complexity index is 396. The quantitative estimate of drug-likeness (QED) is 0.377. The molecule has 0 spiro atoms. The molecule has 0 radical (unpaired) electrons. The zero-order valence-electron chi connectivity index (χ0n) is 11.4. The molecule has 0 amide bonds. The fraction of sp³-hybridized carbons (Fsp3) is 0.538. The highest BCUT2D eigenvalue weighted by Crippen LogP contribution is 2.16. The predicted molar refractivity (Wildman–Crippen MR) is 74.0 cm³/mol. The Morgan fingerprint density at radius 3 is 2.65 bits per heavy atom. The number of nitrogens with zero attached hydrogens (tertiary/aromatic N) is 1. The highest BCUT2D eigenvalue weighted by atomic mass is 16.6. The average Bonchev–Trinajstić information content (AvgIpc) is 2.43. The highest BCUT2D eigenvalue weighted by Gasteiger charge is 2.04. The summed E-state index contributed by atoms with van der Waals surface area (Å²) in [7, 11) is 1.55. The minimum atomic E-state index is -0.455. The second-order valence-corrected chi connectivity index (χ2v) is 4.25. The summed E-state index contributed by atoms with van der Waals surface area (Å²) in [6, 6.07) is 5.95. The molecular weight excluding hydrogens is 264 g/mol. The Labute approximate surface area is 117 Å². The van der Waals surface area contributed by atoms with Crippen LogP contribution in [0.1, 0.15) is 6.42 Å². The van der Waals surface area contributed by atoms with Crippen molar-refractivity contribution in [3.63, 3.8) is 0 Å². The fourth-order valence-corrected chi connectivity index (χ4v) is 1.57. The van der Waals surface area contributed by atoms with Crippen LogP contribution in [0.25, 0.3) is 0 Å². The molecule has 20 heavy (non-hydrogen) atoms. The Morgan fingerprint density at radius 1 is 1.35 bits per heavy atom. The van der Waals surface area contributed by atoms with Crippen molar-refractivity contribution < 1.29 is 19.5 Å². The lowest BCUT2D eigenvalue weighted by molar-refractivity contribution is -0.384. The predicted octanol–water partition coefficient (Wildman–Crippen LogP) is 0.961. The number of non-ortho nitro benzene ring substituents is 1. The molecule has 0 saturated heterocycles. The van der Waals surface area contributed by atoms with E-state index in [9.17, 15) is 15.2 Å². The molecule has 0 heterocycles. The molecule has 0 aliphatic heterocycles. The van der Waals surface area contributed by atoms with Crippen LogP contribution in [0, 0.1) is 10.1 Å². The van der Waals surface area contributed by atoms with Gasteiger partial charge in [-0.2, -0.15) is 0 Å². The van der Waals surface area contributed by atoms with Gasteiger partial charge in [0.25, 0.3) is 5.69 Å². The molecule has 2 N–H and O–H groups in total. The number of nitro groups is 1. The van der Waals surface area contributed by atoms with E-state index in [0.717, 1.165) is 0 Å². The Balaban J connectivity index is 2.10. The number of hydrogen-bond donors (Lipinski definition) is 2. The van der Waals surface area contributed by atoms with Crippen LogP contribution in [0.5, 0.6) is 5.75 Å². The van der Waals surface area contributed by atoms with E-state index >= 15 is 0 Å². The first-order chi connectivity index (χ1) is 9.63. The lowest BCUT2D eigenvalue weighted by Gasteiger charge is -2.10. The summed E-state index contributed by atoms with van der Waals surface area (Å²) in [5, 5.41) is 23.0. The summed E-state index contributed by atoms with van der Waals surface area (Å²) < 4.78 is 10.2. The number of nitrogens with one attached hydrogen (secondary N) is 1. The number of rotatable bonds is 10. The van der Waals surface area contributed by atoms with Gasteiger partial charge >= 0.3 is 0 Å². The van der Waals surface area contributed by atoms with Gasteiger partial charge in [-0.05, 0) is 25.1 Å². The van der Waals surface area contributed by atoms with Crippen molar-refractivity contribution in [2.45, 2.75) is 12.5 Å². The van der Waals surface area contributed by atoms with Gasteiger partial charge in [0.2, 0.25) is 0 Å². The molecule has 0 fully saturated rings. The summed E-state index contributed by atoms with van der Waals surface area (Å²) in [6.45, 7) is 2.10. The van der Waals surface area contributed by atoms with Crippen LogP contribution in [0.2, 0.25) is 0 Å². The van der Waals surface area contributed by atoms with Gasteiger partial charge in [-0.1, -0.05) is 0 Å². The molecule has 7 heteroatoms. The maximum atomic E-state index is 10.5. The monoisotopic (exact) mass is 284 g/mol. The molecule has 1 aromatic carbocycles. The molecule has 112 valence electrons. The van der Waals surface area contributed by atoms with Crippen molar-refractivity contribution in [3.05, 3.63) is 34.4 Å². The summed E-state index contributed by atoms with van der Waals surface area (Å²) in [6.07, 6.45) is 0.161. The van der Waals surface area contributed by atoms with E-state index in [2.05, 4.69) is 5.32 Å². The van der Waals surface area contributed by atoms with Crippen LogP contribution in [0.15, 0.2) is 24.3 Å². The molecule has 1 atom stereocenters. The third kappa shape index (κ3) is 6.46. The molecule has 1 unspecified atom stereocenters. The molecule has 1 aromatic rings. The van der Waals surface area contributed by atoms with Gasteiger partial charge in [0.15, 0.2) is 0 Å². The minimum absolute atomic E-state index is 0.0441. The number of aliphatic hydroxyl groups excluding tert-OH is 1. The zero-order chi connectivity index (χ0) is 14.8. The smallest absolute Gasteiger partial charge is 0.269 e. The Morgan fingerprint density at radius 2 is 2.05 bits per heavy atom. The van der Waals surface area contributed by atoms with Crippen molar-refractivity contribution in [2.24, 2.45) is 0 Å². The van der Waals surface area contributed by atoms with Crippen molar-refractivity contribution in [1.82, 2.24) is 5.32 Å². The maximum Gasteiger partial charge on any atom is 0.269 e. The molecular formula is C13H20N2O5. The van der Waals surface area contributed by atoms with E-state index in [1.54, 1.807) is 19.2 Å². The van der Waals surface area contributed by atoms with Gasteiger partial charge in [-0.3, -0.25) is 10.1 Å². The number of aliphatic hydroxyl groups is 1. The van der Waals surface area contributed by atoms with E-state index in [-0.39, 0.29) is 5.69 Å². The van der Waals surface area contributed by atoms with Crippen molar-refractivity contribution >= 4 is 5.69 Å². The minimum Gasteiger partial charge on any atom is -0.492 e. The fourth-order valence-electron chi connectivity index (χ4n) is 1.57. The summed E-state index contributed by atoms with van der Waals surface area (Å²) >= 11 is 0. The average molecular weight is 284 g/mol. The molecule has 0 aliphatic carbocycles. The zero-order valence-corrected chi connectivity index (χ0v) is 11.4. The van der Waals surface area contributed by atoms with Crippen LogP contribution in [-0.2, 0) is 4.74 Å². The number of hydrogen-bond acceptors (Lipinski definition) is 6. The number of benzene rings is 1. The highest BCUT2D eigenvalue weighted by molar-refractivity contribution is 5.35. The normalized spacial score (nSPS) is 12.1. The third-order valence-electron chi connectivity index (χ3n) is 2.61. The van der Waals surface area contributed by atoms with E-state index in [1.807, 2.05) is 0 Å². The Hall–Kier alpha value is -1.70. The van der Waals surface area contributed by atoms with Gasteiger partial charge in [0.1, 0.15) is 12.4 Å². The first-order valence-electron chi connectivity index (χ1n) is 6.38. The lowest BCUT2D eigenvalue weighted by Crippen LogP contribution is -2.26. The molecule has 0 saturated carbocycles. The SMILES string of the molecule is COCC(O)CCNCCOc1ccc([N+](=O)[O-])cc1. The summed E-state index contributed by atoms with van der Waals surface area (Å²) in [5.41, 5.74) is 0.0441. The molecule has 1 rings (SSSR count). The lowest BCUT2D eigenvalue weighted by atomic mass is 10.2. The van der Waals surface area contributed by atoms with Crippen LogP contribution in [0.3, 0.4) is 0 Å². The summed E-state index contributed by atoms with van der Waals surface area (Å²) in [4.78, 5) is 10.0. The molecule has 0 aliphatic rings. The number of ether oxygens (including phenoxy) is 2. The van der Waals surface area contributed by atoms with Crippen molar-refractivity contribution in [2.75, 3.05) is 33.4 Å². The van der Waals surface area contributed by atoms with Gasteiger partial charge in [0.05, 0.1) is 17.6 Å². The first-order valence-corrected chi connectivity index (χ1v) is 6.38. The van der Waals surface area contributed by atoms with E-state index < -0.39 is 11.0 Å². The number of methoxy groups -OCH3 is 1. The van der Waals surface area contributed by atoms with Crippen molar-refractivity contribution in [1.29, 1.82) is 0 Å². The van der Waals surface area contributed by atoms with Gasteiger partial charge in [-0.25, -0.2) is 0 Å². The summed E-state index contributed by atoms with van der Waals surface area (Å²) in [5.74, 6) is 0.594. The largest absolute Gasteiger partial charge is 0.492 e. The van der Waals surface area contributed by atoms with E-state index in [1.165, 1.54) is 12.1 Å². The molecule has 0 aromatic heterocycles. The first kappa shape index (κ1) is 16.4. The van der Waals surface area contributed by atoms with Crippen LogP contribution in [0.4, 0.5) is 5.69 Å². The topological polar surface area (TPSA) is 93.9 Å². The van der Waals surface area contributed by atoms with Gasteiger partial charge < -0.3 is 19.9 Å². The maximum absolute atomic E-state index is 10.5. The molecule has 7 nitrogen and oxygen atoms in total. The van der Waals surface area contributed by atoms with Crippen LogP contribution in [-0.4, -0.2) is 49.5 Å². The van der Waals surface area contributed by atoms with E-state index in [4.69, 9.17) is 9.47 Å². The van der Waals surface area contributed by atoms with Crippen LogP contribution < -0.4 is 10.1 Å². The van der Waals surface area contributed by atoms with E-state index in [0.29, 0.717) is 38.5 Å². The van der Waals surface area contributed by atoms with Crippen molar-refractivity contribution in [3.8, 4) is 5.75 Å².